The van der Waals surface area contributed by atoms with Crippen LogP contribution in [0.3, 0.4) is 0 Å². The number of pyridine rings is 1. The van der Waals surface area contributed by atoms with E-state index in [9.17, 15) is 4.79 Å². The molecule has 0 aromatic carbocycles. The van der Waals surface area contributed by atoms with E-state index in [1.165, 1.54) is 38.5 Å². The molecule has 4 fully saturated rings. The Hall–Kier alpha value is -2.17. The van der Waals surface area contributed by atoms with Gasteiger partial charge in [0, 0.05) is 12.2 Å². The SMILES string of the molecule is Cc1c(C(=O)NC(C)C23CC4CC(CC(C4)C2)C3)cnn1-c1ccccn1. The summed E-state index contributed by atoms with van der Waals surface area (Å²) in [5.74, 6) is 3.42. The molecule has 0 spiro atoms. The summed E-state index contributed by atoms with van der Waals surface area (Å²) in [4.78, 5) is 17.4. The summed E-state index contributed by atoms with van der Waals surface area (Å²) < 4.78 is 1.74. The molecule has 0 saturated heterocycles. The minimum Gasteiger partial charge on any atom is -0.349 e. The molecule has 1 unspecified atom stereocenters. The molecule has 0 radical (unpaired) electrons. The van der Waals surface area contributed by atoms with Crippen LogP contribution in [-0.4, -0.2) is 26.7 Å². The molecular formula is C22H28N4O. The molecular weight excluding hydrogens is 336 g/mol. The van der Waals surface area contributed by atoms with E-state index >= 15 is 0 Å². The summed E-state index contributed by atoms with van der Waals surface area (Å²) >= 11 is 0. The molecule has 1 atom stereocenters. The third-order valence-corrected chi connectivity index (χ3v) is 7.47. The van der Waals surface area contributed by atoms with Crippen LogP contribution in [0.15, 0.2) is 30.6 Å². The lowest BCUT2D eigenvalue weighted by Gasteiger charge is -2.59. The molecule has 142 valence electrons. The Labute approximate surface area is 160 Å². The van der Waals surface area contributed by atoms with Crippen molar-refractivity contribution in [2.45, 2.75) is 58.4 Å². The van der Waals surface area contributed by atoms with Gasteiger partial charge in [-0.3, -0.25) is 4.79 Å². The quantitative estimate of drug-likeness (QED) is 0.895. The summed E-state index contributed by atoms with van der Waals surface area (Å²) in [5.41, 5.74) is 1.80. The van der Waals surface area contributed by atoms with E-state index in [1.807, 2.05) is 25.1 Å². The first-order chi connectivity index (χ1) is 13.0. The van der Waals surface area contributed by atoms with Gasteiger partial charge in [0.1, 0.15) is 0 Å². The van der Waals surface area contributed by atoms with E-state index in [4.69, 9.17) is 0 Å². The Kier molecular flexibility index (Phi) is 3.88. The van der Waals surface area contributed by atoms with Crippen molar-refractivity contribution in [1.29, 1.82) is 0 Å². The van der Waals surface area contributed by atoms with Gasteiger partial charge in [0.25, 0.3) is 5.91 Å². The number of hydrogen-bond acceptors (Lipinski definition) is 3. The molecule has 4 aliphatic rings. The molecule has 2 aromatic heterocycles. The van der Waals surface area contributed by atoms with Gasteiger partial charge in [0.2, 0.25) is 0 Å². The van der Waals surface area contributed by atoms with Crippen LogP contribution in [0.2, 0.25) is 0 Å². The summed E-state index contributed by atoms with van der Waals surface area (Å²) in [7, 11) is 0. The predicted octanol–water partition coefficient (Wildman–Crippen LogP) is 3.91. The van der Waals surface area contributed by atoms with Crippen LogP contribution >= 0.6 is 0 Å². The van der Waals surface area contributed by atoms with E-state index in [0.717, 1.165) is 29.3 Å². The number of carbonyl (C=O) groups excluding carboxylic acids is 1. The van der Waals surface area contributed by atoms with E-state index in [0.29, 0.717) is 11.0 Å². The second kappa shape index (κ2) is 6.18. The number of carbonyl (C=O) groups is 1. The third kappa shape index (κ3) is 2.79. The molecule has 27 heavy (non-hydrogen) atoms. The van der Waals surface area contributed by atoms with Crippen LogP contribution < -0.4 is 5.32 Å². The molecule has 2 aromatic rings. The van der Waals surface area contributed by atoms with Crippen molar-refractivity contribution in [3.8, 4) is 5.82 Å². The predicted molar refractivity (Wildman–Crippen MR) is 104 cm³/mol. The molecule has 2 heterocycles. The summed E-state index contributed by atoms with van der Waals surface area (Å²) in [5, 5.41) is 7.75. The number of rotatable bonds is 4. The van der Waals surface area contributed by atoms with E-state index in [-0.39, 0.29) is 11.9 Å². The molecule has 4 saturated carbocycles. The Morgan fingerprint density at radius 2 is 1.85 bits per heavy atom. The first-order valence-corrected chi connectivity index (χ1v) is 10.3. The lowest BCUT2D eigenvalue weighted by Crippen LogP contribution is -2.55. The third-order valence-electron chi connectivity index (χ3n) is 7.47. The Morgan fingerprint density at radius 1 is 1.19 bits per heavy atom. The van der Waals surface area contributed by atoms with Gasteiger partial charge in [-0.1, -0.05) is 6.07 Å². The first-order valence-electron chi connectivity index (χ1n) is 10.3. The van der Waals surface area contributed by atoms with Crippen molar-refractivity contribution in [1.82, 2.24) is 20.1 Å². The van der Waals surface area contributed by atoms with E-state index < -0.39 is 0 Å². The smallest absolute Gasteiger partial charge is 0.254 e. The van der Waals surface area contributed by atoms with E-state index in [1.54, 1.807) is 17.1 Å². The molecule has 1 amide bonds. The largest absolute Gasteiger partial charge is 0.349 e. The van der Waals surface area contributed by atoms with Crippen LogP contribution in [-0.2, 0) is 0 Å². The number of aromatic nitrogens is 3. The normalized spacial score (nSPS) is 32.4. The van der Waals surface area contributed by atoms with Crippen molar-refractivity contribution < 1.29 is 4.79 Å². The Morgan fingerprint density at radius 3 is 2.44 bits per heavy atom. The van der Waals surface area contributed by atoms with Gasteiger partial charge >= 0.3 is 0 Å². The Balaban J connectivity index is 1.35. The number of nitrogens with one attached hydrogen (secondary N) is 1. The van der Waals surface area contributed by atoms with Crippen LogP contribution in [0.1, 0.15) is 61.5 Å². The molecule has 5 heteroatoms. The minimum absolute atomic E-state index is 0.00192. The fourth-order valence-corrected chi connectivity index (χ4v) is 6.48. The zero-order valence-corrected chi connectivity index (χ0v) is 16.2. The Bertz CT molecular complexity index is 821. The van der Waals surface area contributed by atoms with Crippen LogP contribution in [0.4, 0.5) is 0 Å². The number of amides is 1. The maximum atomic E-state index is 13.0. The second-order valence-corrected chi connectivity index (χ2v) is 9.22. The standard InChI is InChI=1S/C22H28N4O/c1-14-19(13-24-26(14)20-5-3-4-6-23-20)21(27)25-15(2)22-10-16-7-17(11-22)9-18(8-16)12-22/h3-6,13,15-18H,7-12H2,1-2H3,(H,25,27). The van der Waals surface area contributed by atoms with Gasteiger partial charge in [-0.25, -0.2) is 9.67 Å². The van der Waals surface area contributed by atoms with Gasteiger partial charge in [0.15, 0.2) is 5.82 Å². The van der Waals surface area contributed by atoms with E-state index in [2.05, 4.69) is 22.3 Å². The van der Waals surface area contributed by atoms with Gasteiger partial charge in [-0.2, -0.15) is 5.10 Å². The maximum absolute atomic E-state index is 13.0. The van der Waals surface area contributed by atoms with Crippen LogP contribution in [0.25, 0.3) is 5.82 Å². The summed E-state index contributed by atoms with van der Waals surface area (Å²) in [6.45, 7) is 4.16. The molecule has 5 nitrogen and oxygen atoms in total. The van der Waals surface area contributed by atoms with Gasteiger partial charge in [-0.05, 0) is 87.7 Å². The topological polar surface area (TPSA) is 59.8 Å². The van der Waals surface area contributed by atoms with Crippen molar-refractivity contribution >= 4 is 5.91 Å². The highest BCUT2D eigenvalue weighted by Crippen LogP contribution is 2.61. The van der Waals surface area contributed by atoms with Crippen molar-refractivity contribution in [2.75, 3.05) is 0 Å². The monoisotopic (exact) mass is 364 g/mol. The lowest BCUT2D eigenvalue weighted by atomic mass is 9.48. The van der Waals surface area contributed by atoms with Crippen LogP contribution in [0, 0.1) is 30.1 Å². The van der Waals surface area contributed by atoms with Crippen LogP contribution in [0.5, 0.6) is 0 Å². The highest BCUT2D eigenvalue weighted by Gasteiger charge is 2.53. The molecule has 6 rings (SSSR count). The highest BCUT2D eigenvalue weighted by molar-refractivity contribution is 5.95. The maximum Gasteiger partial charge on any atom is 0.254 e. The fourth-order valence-electron chi connectivity index (χ4n) is 6.48. The van der Waals surface area contributed by atoms with Gasteiger partial charge in [-0.15, -0.1) is 0 Å². The molecule has 4 aliphatic carbocycles. The second-order valence-electron chi connectivity index (χ2n) is 9.22. The lowest BCUT2D eigenvalue weighted by molar-refractivity contribution is -0.0688. The van der Waals surface area contributed by atoms with Crippen molar-refractivity contribution in [3.63, 3.8) is 0 Å². The zero-order chi connectivity index (χ0) is 18.6. The molecule has 1 N–H and O–H groups in total. The average Bonchev–Trinajstić information content (AvgIpc) is 3.03. The molecule has 4 bridgehead atoms. The molecule has 0 aliphatic heterocycles. The average molecular weight is 364 g/mol. The van der Waals surface area contributed by atoms with Gasteiger partial charge < -0.3 is 5.32 Å². The van der Waals surface area contributed by atoms with Crippen molar-refractivity contribution in [3.05, 3.63) is 41.9 Å². The zero-order valence-electron chi connectivity index (χ0n) is 16.2. The number of hydrogen-bond donors (Lipinski definition) is 1. The fraction of sp³-hybridized carbons (Fsp3) is 0.591. The summed E-state index contributed by atoms with van der Waals surface area (Å²) in [6.07, 6.45) is 11.6. The summed E-state index contributed by atoms with van der Waals surface area (Å²) in [6, 6.07) is 5.93. The van der Waals surface area contributed by atoms with Gasteiger partial charge in [0.05, 0.1) is 17.5 Å². The van der Waals surface area contributed by atoms with Crippen molar-refractivity contribution in [2.24, 2.45) is 23.2 Å². The highest BCUT2D eigenvalue weighted by atomic mass is 16.1. The number of nitrogens with zero attached hydrogens (tertiary/aromatic N) is 3. The first kappa shape index (κ1) is 17.0. The minimum atomic E-state index is -0.00192.